The molecule has 0 radical (unpaired) electrons. The summed E-state index contributed by atoms with van der Waals surface area (Å²) in [5, 5.41) is -0.296. The number of nitrogens with zero attached hydrogens (tertiary/aromatic N) is 1. The van der Waals surface area contributed by atoms with Crippen molar-refractivity contribution < 1.29 is 26.3 Å². The maximum Gasteiger partial charge on any atom is 0.417 e. The van der Waals surface area contributed by atoms with Crippen molar-refractivity contribution in [3.8, 4) is 5.75 Å². The predicted molar refractivity (Wildman–Crippen MR) is 156 cm³/mol. The third kappa shape index (κ3) is 8.58. The first-order valence-electron chi connectivity index (χ1n) is 13.1. The summed E-state index contributed by atoms with van der Waals surface area (Å²) in [4.78, 5) is 2.26. The molecule has 4 rings (SSSR count). The summed E-state index contributed by atoms with van der Waals surface area (Å²) in [5.74, 6) is 0.404. The van der Waals surface area contributed by atoms with Gasteiger partial charge in [-0.25, -0.2) is 8.42 Å². The molecule has 0 saturated carbocycles. The van der Waals surface area contributed by atoms with Crippen LogP contribution in [0.2, 0.25) is 5.02 Å². The fraction of sp³-hybridized carbons (Fsp3) is 0.250. The summed E-state index contributed by atoms with van der Waals surface area (Å²) in [5.41, 5.74) is 1.72. The summed E-state index contributed by atoms with van der Waals surface area (Å²) in [6.45, 7) is 1.54. The Hall–Kier alpha value is -3.33. The maximum absolute atomic E-state index is 13.6. The molecule has 0 amide bonds. The standard InChI is InChI=1S/C32H31ClF3NO3S/c1-41(38,39)28-17-9-16-27(21-28)40-20-10-19-37(22-26-15-8-18-30(31(26)33)32(34,35)36)23-29(24-11-4-2-5-12-24)25-13-6-3-7-14-25/h2-9,11-18,21,29H,10,19-20,22-23H2,1H3. The molecule has 0 N–H and O–H groups in total. The average Bonchev–Trinajstić information content (AvgIpc) is 2.95. The van der Waals surface area contributed by atoms with E-state index >= 15 is 0 Å². The normalized spacial score (nSPS) is 12.2. The Balaban J connectivity index is 1.56. The van der Waals surface area contributed by atoms with E-state index in [9.17, 15) is 21.6 Å². The topological polar surface area (TPSA) is 46.6 Å². The first-order chi connectivity index (χ1) is 19.5. The van der Waals surface area contributed by atoms with Crippen LogP contribution in [0.3, 0.4) is 0 Å². The Morgan fingerprint density at radius 1 is 0.854 bits per heavy atom. The zero-order chi connectivity index (χ0) is 29.5. The molecule has 0 fully saturated rings. The second-order valence-electron chi connectivity index (χ2n) is 9.83. The number of rotatable bonds is 12. The van der Waals surface area contributed by atoms with Gasteiger partial charge in [-0.15, -0.1) is 0 Å². The number of hydrogen-bond donors (Lipinski definition) is 0. The zero-order valence-corrected chi connectivity index (χ0v) is 24.1. The molecule has 0 aliphatic carbocycles. The van der Waals surface area contributed by atoms with Crippen molar-refractivity contribution in [3.05, 3.63) is 130 Å². The van der Waals surface area contributed by atoms with E-state index < -0.39 is 21.6 Å². The first-order valence-corrected chi connectivity index (χ1v) is 15.4. The second-order valence-corrected chi connectivity index (χ2v) is 12.2. The molecule has 0 spiro atoms. The number of halogens is 4. The van der Waals surface area contributed by atoms with E-state index in [0.717, 1.165) is 23.4 Å². The Morgan fingerprint density at radius 3 is 2.05 bits per heavy atom. The lowest BCUT2D eigenvalue weighted by molar-refractivity contribution is -0.137. The Kier molecular flexibility index (Phi) is 10.1. The molecule has 216 valence electrons. The van der Waals surface area contributed by atoms with E-state index in [2.05, 4.69) is 4.90 Å². The van der Waals surface area contributed by atoms with Gasteiger partial charge in [0.15, 0.2) is 9.84 Å². The molecule has 0 aliphatic rings. The summed E-state index contributed by atoms with van der Waals surface area (Å²) in [6, 6.07) is 30.3. The van der Waals surface area contributed by atoms with Gasteiger partial charge in [0.1, 0.15) is 5.75 Å². The van der Waals surface area contributed by atoms with Crippen LogP contribution in [0, 0.1) is 0 Å². The lowest BCUT2D eigenvalue weighted by Crippen LogP contribution is -2.31. The van der Waals surface area contributed by atoms with Crippen LogP contribution < -0.4 is 4.74 Å². The molecule has 0 heterocycles. The quantitative estimate of drug-likeness (QED) is 0.155. The van der Waals surface area contributed by atoms with E-state index in [1.54, 1.807) is 18.2 Å². The summed E-state index contributed by atoms with van der Waals surface area (Å²) >= 11 is 6.28. The summed E-state index contributed by atoms with van der Waals surface area (Å²) < 4.78 is 70.3. The molecule has 4 aromatic rings. The van der Waals surface area contributed by atoms with Crippen LogP contribution in [0.1, 0.15) is 34.6 Å². The van der Waals surface area contributed by atoms with Crippen molar-refractivity contribution in [2.75, 3.05) is 26.0 Å². The fourth-order valence-corrected chi connectivity index (χ4v) is 5.65. The van der Waals surface area contributed by atoms with Crippen molar-refractivity contribution in [1.29, 1.82) is 0 Å². The third-order valence-corrected chi connectivity index (χ3v) is 8.30. The number of alkyl halides is 3. The fourth-order valence-electron chi connectivity index (χ4n) is 4.70. The smallest absolute Gasteiger partial charge is 0.417 e. The SMILES string of the molecule is CS(=O)(=O)c1cccc(OCCCN(Cc2cccc(C(F)(F)F)c2Cl)CC(c2ccccc2)c2ccccc2)c1. The van der Waals surface area contributed by atoms with Crippen LogP contribution in [0.5, 0.6) is 5.75 Å². The third-order valence-electron chi connectivity index (χ3n) is 6.74. The molecular formula is C32H31ClF3NO3S. The van der Waals surface area contributed by atoms with Gasteiger partial charge in [-0.3, -0.25) is 4.90 Å². The van der Waals surface area contributed by atoms with Gasteiger partial charge in [0.05, 0.1) is 22.1 Å². The van der Waals surface area contributed by atoms with Crippen molar-refractivity contribution in [2.24, 2.45) is 0 Å². The molecule has 0 atom stereocenters. The Morgan fingerprint density at radius 2 is 1.46 bits per heavy atom. The highest BCUT2D eigenvalue weighted by Gasteiger charge is 2.34. The molecule has 4 aromatic carbocycles. The van der Waals surface area contributed by atoms with Crippen LogP contribution in [0.4, 0.5) is 13.2 Å². The van der Waals surface area contributed by atoms with Crippen molar-refractivity contribution in [1.82, 2.24) is 4.90 Å². The van der Waals surface area contributed by atoms with E-state index in [1.807, 2.05) is 60.7 Å². The van der Waals surface area contributed by atoms with Gasteiger partial charge >= 0.3 is 6.18 Å². The molecule has 0 aliphatic heterocycles. The predicted octanol–water partition coefficient (Wildman–Crippen LogP) is 7.87. The minimum Gasteiger partial charge on any atom is -0.494 e. The number of sulfone groups is 1. The van der Waals surface area contributed by atoms with E-state index in [1.165, 1.54) is 18.2 Å². The van der Waals surface area contributed by atoms with Gasteiger partial charge in [-0.2, -0.15) is 13.2 Å². The maximum atomic E-state index is 13.6. The van der Waals surface area contributed by atoms with Crippen LogP contribution >= 0.6 is 11.6 Å². The monoisotopic (exact) mass is 601 g/mol. The van der Waals surface area contributed by atoms with Crippen LogP contribution in [0.15, 0.2) is 108 Å². The van der Waals surface area contributed by atoms with Crippen LogP contribution in [-0.2, 0) is 22.6 Å². The lowest BCUT2D eigenvalue weighted by Gasteiger charge is -2.29. The number of ether oxygens (including phenoxy) is 1. The molecule has 9 heteroatoms. The largest absolute Gasteiger partial charge is 0.494 e. The molecular weight excluding hydrogens is 571 g/mol. The van der Waals surface area contributed by atoms with Gasteiger partial charge in [-0.05, 0) is 47.4 Å². The Labute approximate surface area is 244 Å². The summed E-state index contributed by atoms with van der Waals surface area (Å²) in [7, 11) is -3.37. The molecule has 4 nitrogen and oxygen atoms in total. The molecule has 41 heavy (non-hydrogen) atoms. The van der Waals surface area contributed by atoms with Crippen molar-refractivity contribution >= 4 is 21.4 Å². The molecule has 0 aromatic heterocycles. The van der Waals surface area contributed by atoms with E-state index in [4.69, 9.17) is 16.3 Å². The summed E-state index contributed by atoms with van der Waals surface area (Å²) in [6.07, 6.45) is -2.86. The molecule has 0 unspecified atom stereocenters. The highest BCUT2D eigenvalue weighted by atomic mass is 35.5. The van der Waals surface area contributed by atoms with Crippen molar-refractivity contribution in [2.45, 2.75) is 30.0 Å². The Bertz CT molecular complexity index is 1490. The van der Waals surface area contributed by atoms with Gasteiger partial charge in [-0.1, -0.05) is 90.5 Å². The number of hydrogen-bond acceptors (Lipinski definition) is 4. The first kappa shape index (κ1) is 30.6. The van der Waals surface area contributed by atoms with Gasteiger partial charge < -0.3 is 4.74 Å². The van der Waals surface area contributed by atoms with E-state index in [-0.39, 0.29) is 22.4 Å². The van der Waals surface area contributed by atoms with Crippen molar-refractivity contribution in [3.63, 3.8) is 0 Å². The van der Waals surface area contributed by atoms with E-state index in [0.29, 0.717) is 37.4 Å². The van der Waals surface area contributed by atoms with Gasteiger partial charge in [0.25, 0.3) is 0 Å². The minimum atomic E-state index is -4.55. The van der Waals surface area contributed by atoms with Crippen LogP contribution in [0.25, 0.3) is 0 Å². The number of benzene rings is 4. The van der Waals surface area contributed by atoms with Crippen LogP contribution in [-0.4, -0.2) is 39.3 Å². The highest BCUT2D eigenvalue weighted by molar-refractivity contribution is 7.90. The molecule has 0 bridgehead atoms. The van der Waals surface area contributed by atoms with Gasteiger partial charge in [0.2, 0.25) is 0 Å². The molecule has 0 saturated heterocycles. The average molecular weight is 602 g/mol. The highest BCUT2D eigenvalue weighted by Crippen LogP contribution is 2.37. The zero-order valence-electron chi connectivity index (χ0n) is 22.5. The minimum absolute atomic E-state index is 0.0330. The second kappa shape index (κ2) is 13.6. The lowest BCUT2D eigenvalue weighted by atomic mass is 9.90. The van der Waals surface area contributed by atoms with Gasteiger partial charge in [0, 0.05) is 31.8 Å².